The van der Waals surface area contributed by atoms with Crippen LogP contribution in [-0.4, -0.2) is 43.2 Å². The van der Waals surface area contributed by atoms with E-state index in [1.807, 2.05) is 13.8 Å². The van der Waals surface area contributed by atoms with E-state index >= 15 is 0 Å². The minimum atomic E-state index is 0.0192. The lowest BCUT2D eigenvalue weighted by Crippen LogP contribution is -2.30. The van der Waals surface area contributed by atoms with Crippen LogP contribution in [0.4, 0.5) is 0 Å². The maximum Gasteiger partial charge on any atom is 0.223 e. The maximum absolute atomic E-state index is 12.2. The predicted molar refractivity (Wildman–Crippen MR) is 135 cm³/mol. The van der Waals surface area contributed by atoms with Crippen molar-refractivity contribution < 1.29 is 4.79 Å². The highest BCUT2D eigenvalue weighted by atomic mass is 16.1. The first-order valence-electron chi connectivity index (χ1n) is 12.5. The lowest BCUT2D eigenvalue weighted by molar-refractivity contribution is -0.124. The molecular weight excluding hydrogens is 424 g/mol. The van der Waals surface area contributed by atoms with Crippen LogP contribution in [0.5, 0.6) is 0 Å². The first-order chi connectivity index (χ1) is 16.6. The van der Waals surface area contributed by atoms with Crippen molar-refractivity contribution in [2.24, 2.45) is 5.92 Å². The van der Waals surface area contributed by atoms with Gasteiger partial charge in [0.05, 0.1) is 6.54 Å². The number of aromatic nitrogens is 4. The summed E-state index contributed by atoms with van der Waals surface area (Å²) in [6, 6.07) is 15.6. The molecule has 1 N–H and O–H groups in total. The fourth-order valence-electron chi connectivity index (χ4n) is 5.04. The van der Waals surface area contributed by atoms with Gasteiger partial charge >= 0.3 is 0 Å². The van der Waals surface area contributed by atoms with Crippen molar-refractivity contribution in [1.82, 2.24) is 29.5 Å². The maximum atomic E-state index is 12.2. The molecule has 1 aliphatic rings. The molecule has 0 aliphatic carbocycles. The summed E-state index contributed by atoms with van der Waals surface area (Å²) in [5.74, 6) is 1.96. The number of hydrogen-bond acceptors (Lipinski definition) is 4. The monoisotopic (exact) mass is 458 g/mol. The average Bonchev–Trinajstić information content (AvgIpc) is 3.33. The van der Waals surface area contributed by atoms with Crippen LogP contribution < -0.4 is 5.32 Å². The molecule has 4 aromatic rings. The number of para-hydroxylation sites is 1. The third-order valence-electron chi connectivity index (χ3n) is 7.24. The number of nitrogens with zero attached hydrogens (tertiary/aromatic N) is 5. The molecule has 7 heteroatoms. The van der Waals surface area contributed by atoms with E-state index in [1.165, 1.54) is 27.4 Å². The lowest BCUT2D eigenvalue weighted by atomic mass is 10.1. The molecule has 0 spiro atoms. The number of carbonyl (C=O) groups excluding carboxylic acids is 1. The highest BCUT2D eigenvalue weighted by Crippen LogP contribution is 2.30. The molecule has 0 bridgehead atoms. The van der Waals surface area contributed by atoms with E-state index in [0.717, 1.165) is 57.2 Å². The molecule has 7 nitrogen and oxygen atoms in total. The molecule has 1 amide bonds. The summed E-state index contributed by atoms with van der Waals surface area (Å²) in [5, 5.41) is 14.5. The first-order valence-corrected chi connectivity index (χ1v) is 12.5. The molecule has 34 heavy (non-hydrogen) atoms. The number of rotatable bonds is 7. The zero-order valence-electron chi connectivity index (χ0n) is 20.4. The Morgan fingerprint density at radius 1 is 1.03 bits per heavy atom. The largest absolute Gasteiger partial charge is 0.349 e. The van der Waals surface area contributed by atoms with Crippen LogP contribution in [0.25, 0.3) is 21.8 Å². The zero-order chi connectivity index (χ0) is 23.7. The summed E-state index contributed by atoms with van der Waals surface area (Å²) >= 11 is 0. The smallest absolute Gasteiger partial charge is 0.223 e. The van der Waals surface area contributed by atoms with Crippen molar-refractivity contribution in [2.75, 3.05) is 13.1 Å². The van der Waals surface area contributed by atoms with Gasteiger partial charge in [-0.15, -0.1) is 10.2 Å². The second kappa shape index (κ2) is 9.58. The fraction of sp³-hybridized carbons (Fsp3) is 0.444. The predicted octanol–water partition coefficient (Wildman–Crippen LogP) is 4.13. The molecule has 0 fully saturated rings. The molecule has 2 aromatic carbocycles. The average molecular weight is 459 g/mol. The van der Waals surface area contributed by atoms with Crippen molar-refractivity contribution in [3.63, 3.8) is 0 Å². The van der Waals surface area contributed by atoms with Gasteiger partial charge in [0.15, 0.2) is 5.82 Å². The molecule has 178 valence electrons. The van der Waals surface area contributed by atoms with Crippen LogP contribution in [0.2, 0.25) is 0 Å². The van der Waals surface area contributed by atoms with Crippen molar-refractivity contribution in [3.05, 3.63) is 59.7 Å². The minimum Gasteiger partial charge on any atom is -0.349 e. The van der Waals surface area contributed by atoms with Crippen LogP contribution in [0, 0.1) is 5.92 Å². The Hall–Kier alpha value is -3.19. The highest BCUT2D eigenvalue weighted by molar-refractivity contribution is 6.08. The number of benzene rings is 2. The van der Waals surface area contributed by atoms with E-state index in [1.54, 1.807) is 0 Å². The number of fused-ring (bicyclic) bond motifs is 4. The summed E-state index contributed by atoms with van der Waals surface area (Å²) in [4.78, 5) is 14.7. The summed E-state index contributed by atoms with van der Waals surface area (Å²) in [6.07, 6.45) is 1.70. The number of aryl methyl sites for hydroxylation is 1. The topological polar surface area (TPSA) is 68.0 Å². The third kappa shape index (κ3) is 4.20. The molecule has 2 aromatic heterocycles. The zero-order valence-corrected chi connectivity index (χ0v) is 20.4. The Bertz CT molecular complexity index is 1320. The van der Waals surface area contributed by atoms with Crippen molar-refractivity contribution in [2.45, 2.75) is 59.8 Å². The minimum absolute atomic E-state index is 0.0192. The lowest BCUT2D eigenvalue weighted by Gasteiger charge is -2.20. The standard InChI is InChI=1S/C27H34N6O/c1-4-19(3)27(34)28-17-26-30-29-25-12-13-31(14-15-33(25)26)18-20-10-11-24-22(16-20)21-8-6-7-9-23(21)32(24)5-2/h6-11,16,19H,4-5,12-15,17-18H2,1-3H3,(H,28,34)/t19-/m1/s1. The van der Waals surface area contributed by atoms with Gasteiger partial charge in [-0.25, -0.2) is 0 Å². The van der Waals surface area contributed by atoms with Crippen molar-refractivity contribution in [3.8, 4) is 0 Å². The van der Waals surface area contributed by atoms with E-state index in [2.05, 4.69) is 78.9 Å². The first kappa shape index (κ1) is 22.6. The van der Waals surface area contributed by atoms with Crippen LogP contribution in [0.1, 0.15) is 44.4 Å². The van der Waals surface area contributed by atoms with Gasteiger partial charge in [-0.3, -0.25) is 9.69 Å². The van der Waals surface area contributed by atoms with Crippen LogP contribution in [-0.2, 0) is 37.4 Å². The molecule has 3 heterocycles. The van der Waals surface area contributed by atoms with Crippen molar-refractivity contribution >= 4 is 27.7 Å². The van der Waals surface area contributed by atoms with Gasteiger partial charge in [-0.05, 0) is 37.1 Å². The van der Waals surface area contributed by atoms with Gasteiger partial charge in [0.2, 0.25) is 5.91 Å². The summed E-state index contributed by atoms with van der Waals surface area (Å²) in [6.45, 7) is 11.2. The molecule has 0 saturated carbocycles. The van der Waals surface area contributed by atoms with E-state index < -0.39 is 0 Å². The quantitative estimate of drug-likeness (QED) is 0.452. The molecule has 1 atom stereocenters. The van der Waals surface area contributed by atoms with Gasteiger partial charge in [-0.1, -0.05) is 38.1 Å². The number of nitrogens with one attached hydrogen (secondary N) is 1. The van der Waals surface area contributed by atoms with Crippen LogP contribution in [0.3, 0.4) is 0 Å². The second-order valence-electron chi connectivity index (χ2n) is 9.35. The summed E-state index contributed by atoms with van der Waals surface area (Å²) < 4.78 is 4.59. The third-order valence-corrected chi connectivity index (χ3v) is 7.24. The molecule has 0 radical (unpaired) electrons. The van der Waals surface area contributed by atoms with Gasteiger partial charge in [0.1, 0.15) is 5.82 Å². The van der Waals surface area contributed by atoms with E-state index in [-0.39, 0.29) is 11.8 Å². The van der Waals surface area contributed by atoms with Gasteiger partial charge in [0, 0.05) is 66.9 Å². The van der Waals surface area contributed by atoms with Crippen LogP contribution in [0.15, 0.2) is 42.5 Å². The van der Waals surface area contributed by atoms with Crippen molar-refractivity contribution in [1.29, 1.82) is 0 Å². The molecule has 0 saturated heterocycles. The van der Waals surface area contributed by atoms with E-state index in [9.17, 15) is 4.79 Å². The Labute approximate surface area is 200 Å². The van der Waals surface area contributed by atoms with Gasteiger partial charge in [-0.2, -0.15) is 0 Å². The summed E-state index contributed by atoms with van der Waals surface area (Å²) in [7, 11) is 0. The Balaban J connectivity index is 1.29. The van der Waals surface area contributed by atoms with Gasteiger partial charge < -0.3 is 14.5 Å². The molecule has 1 aliphatic heterocycles. The summed E-state index contributed by atoms with van der Waals surface area (Å²) in [5.41, 5.74) is 3.95. The SMILES string of the molecule is CC[C@@H](C)C(=O)NCc1nnc2n1CCN(Cc1ccc3c(c1)c1ccccc1n3CC)CC2. The molecule has 0 unspecified atom stereocenters. The van der Waals surface area contributed by atoms with E-state index in [0.29, 0.717) is 6.54 Å². The van der Waals surface area contributed by atoms with E-state index in [4.69, 9.17) is 0 Å². The highest BCUT2D eigenvalue weighted by Gasteiger charge is 2.20. The normalized spacial score (nSPS) is 15.4. The Morgan fingerprint density at radius 2 is 1.85 bits per heavy atom. The van der Waals surface area contributed by atoms with Gasteiger partial charge in [0.25, 0.3) is 0 Å². The Kier molecular flexibility index (Phi) is 6.37. The Morgan fingerprint density at radius 3 is 2.68 bits per heavy atom. The number of carbonyl (C=O) groups is 1. The number of amides is 1. The van der Waals surface area contributed by atoms with Crippen LogP contribution >= 0.6 is 0 Å². The molecule has 5 rings (SSSR count). The fourth-order valence-corrected chi connectivity index (χ4v) is 5.04. The molecular formula is C27H34N6O. The number of hydrogen-bond donors (Lipinski definition) is 1. The second-order valence-corrected chi connectivity index (χ2v) is 9.35.